The minimum absolute atomic E-state index is 0.0416. The van der Waals surface area contributed by atoms with Gasteiger partial charge in [0.05, 0.1) is 22.9 Å². The molecule has 3 aromatic heterocycles. The van der Waals surface area contributed by atoms with E-state index in [2.05, 4.69) is 15.6 Å². The van der Waals surface area contributed by atoms with Crippen molar-refractivity contribution < 1.29 is 18.5 Å². The normalized spacial score (nSPS) is 14.4. The van der Waals surface area contributed by atoms with Crippen LogP contribution in [0.25, 0.3) is 32.9 Å². The molecule has 1 saturated heterocycles. The molecule has 4 heterocycles. The molecule has 1 fully saturated rings. The number of hydrogen-bond acceptors (Lipinski definition) is 6. The number of aromatic nitrogens is 5. The maximum atomic E-state index is 15.5. The van der Waals surface area contributed by atoms with Crippen molar-refractivity contribution in [1.29, 1.82) is 0 Å². The molecule has 39 heavy (non-hydrogen) atoms. The summed E-state index contributed by atoms with van der Waals surface area (Å²) in [5, 5.41) is 17.4. The number of anilines is 1. The zero-order valence-corrected chi connectivity index (χ0v) is 21.9. The summed E-state index contributed by atoms with van der Waals surface area (Å²) in [7, 11) is 1.83. The number of halogens is 1. The van der Waals surface area contributed by atoms with E-state index < -0.39 is 0 Å². The monoisotopic (exact) mass is 529 g/mol. The lowest BCUT2D eigenvalue weighted by molar-refractivity contribution is -0.129. The number of hydrogen-bond donors (Lipinski definition) is 1. The number of fused-ring (bicyclic) bond motifs is 2. The molecule has 0 unspecified atom stereocenters. The van der Waals surface area contributed by atoms with Crippen LogP contribution >= 0.6 is 0 Å². The van der Waals surface area contributed by atoms with Crippen LogP contribution in [0, 0.1) is 12.7 Å². The molecule has 2 aromatic carbocycles. The first-order valence-electron chi connectivity index (χ1n) is 12.9. The molecular weight excluding hydrogens is 501 g/mol. The average Bonchev–Trinajstić information content (AvgIpc) is 3.61. The third kappa shape index (κ3) is 4.43. The summed E-state index contributed by atoms with van der Waals surface area (Å²) >= 11 is 0. The van der Waals surface area contributed by atoms with E-state index in [-0.39, 0.29) is 30.1 Å². The summed E-state index contributed by atoms with van der Waals surface area (Å²) in [6.07, 6.45) is 4.49. The summed E-state index contributed by atoms with van der Waals surface area (Å²) < 4.78 is 23.9. The van der Waals surface area contributed by atoms with E-state index in [9.17, 15) is 9.59 Å². The van der Waals surface area contributed by atoms with Gasteiger partial charge in [0.1, 0.15) is 30.0 Å². The van der Waals surface area contributed by atoms with Crippen molar-refractivity contribution in [2.75, 3.05) is 18.4 Å². The fourth-order valence-electron chi connectivity index (χ4n) is 5.47. The van der Waals surface area contributed by atoms with Crippen molar-refractivity contribution in [3.63, 3.8) is 0 Å². The highest BCUT2D eigenvalue weighted by molar-refractivity contribution is 6.00. The van der Waals surface area contributed by atoms with Crippen molar-refractivity contribution in [2.24, 2.45) is 7.05 Å². The molecule has 0 aliphatic carbocycles. The Morgan fingerprint density at radius 2 is 1.95 bits per heavy atom. The van der Waals surface area contributed by atoms with Crippen LogP contribution < -0.4 is 5.32 Å². The van der Waals surface area contributed by atoms with Crippen molar-refractivity contribution in [2.45, 2.75) is 39.2 Å². The highest BCUT2D eigenvalue weighted by atomic mass is 19.1. The van der Waals surface area contributed by atoms with E-state index in [1.54, 1.807) is 29.4 Å². The quantitative estimate of drug-likeness (QED) is 0.362. The molecule has 6 rings (SSSR count). The van der Waals surface area contributed by atoms with Gasteiger partial charge in [-0.25, -0.2) is 4.39 Å². The number of piperidine rings is 1. The molecule has 0 radical (unpaired) electrons. The summed E-state index contributed by atoms with van der Waals surface area (Å²) in [5.74, 6) is -0.528. The zero-order valence-electron chi connectivity index (χ0n) is 21.9. The molecule has 1 N–H and O–H groups in total. The Bertz CT molecular complexity index is 1730. The van der Waals surface area contributed by atoms with E-state index in [0.717, 1.165) is 40.3 Å². The summed E-state index contributed by atoms with van der Waals surface area (Å²) in [4.78, 5) is 26.7. The van der Waals surface area contributed by atoms with Gasteiger partial charge >= 0.3 is 0 Å². The zero-order chi connectivity index (χ0) is 27.3. The minimum Gasteiger partial charge on any atom is -0.362 e. The fourth-order valence-corrected chi connectivity index (χ4v) is 5.47. The molecule has 200 valence electrons. The molecule has 5 aromatic rings. The van der Waals surface area contributed by atoms with Gasteiger partial charge in [-0.05, 0) is 43.5 Å². The van der Waals surface area contributed by atoms with Gasteiger partial charge in [0.2, 0.25) is 11.8 Å². The molecule has 0 spiro atoms. The first kappa shape index (κ1) is 24.8. The number of benzene rings is 2. The van der Waals surface area contributed by atoms with Crippen molar-refractivity contribution >= 4 is 39.3 Å². The Morgan fingerprint density at radius 3 is 2.67 bits per heavy atom. The topological polar surface area (TPSA) is 111 Å². The number of nitrogens with one attached hydrogen (secondary N) is 1. The van der Waals surface area contributed by atoms with Gasteiger partial charge in [-0.1, -0.05) is 17.3 Å². The molecular formula is C28H28FN7O3. The minimum atomic E-state index is -0.353. The Morgan fingerprint density at radius 1 is 1.15 bits per heavy atom. The molecule has 0 bridgehead atoms. The first-order chi connectivity index (χ1) is 18.8. The molecule has 10 nitrogen and oxygen atoms in total. The first-order valence-corrected chi connectivity index (χ1v) is 12.9. The van der Waals surface area contributed by atoms with Crippen molar-refractivity contribution in [3.05, 3.63) is 60.0 Å². The van der Waals surface area contributed by atoms with Gasteiger partial charge in [-0.3, -0.25) is 19.0 Å². The second-order valence-corrected chi connectivity index (χ2v) is 10.0. The summed E-state index contributed by atoms with van der Waals surface area (Å²) in [5.41, 5.74) is 4.59. The van der Waals surface area contributed by atoms with Gasteiger partial charge < -0.3 is 14.7 Å². The molecule has 1 aliphatic rings. The smallest absolute Gasteiger partial charge is 0.246 e. The number of likely N-dealkylation sites (tertiary alicyclic amines) is 1. The predicted molar refractivity (Wildman–Crippen MR) is 143 cm³/mol. The van der Waals surface area contributed by atoms with Crippen LogP contribution in [-0.2, 0) is 23.2 Å². The third-order valence-electron chi connectivity index (χ3n) is 7.57. The average molecular weight is 530 g/mol. The van der Waals surface area contributed by atoms with Crippen LogP contribution in [0.15, 0.2) is 47.3 Å². The highest BCUT2D eigenvalue weighted by Gasteiger charge is 2.28. The number of rotatable bonds is 5. The maximum Gasteiger partial charge on any atom is 0.246 e. The standard InChI is InChI=1S/C28H28FN7O3/c1-16-23(15-39-33-16)31-26(38)14-36-24-6-4-5-20(21-12-25-19(11-22(21)29)13-30-34(25)3)27(24)28(32-36)18-7-9-35(10-8-18)17(2)37/h4-6,11-13,15,18H,7-10,14H2,1-3H3,(H,31,38). The number of nitrogens with zero attached hydrogens (tertiary/aromatic N) is 6. The highest BCUT2D eigenvalue weighted by Crippen LogP contribution is 2.39. The number of carbonyl (C=O) groups excluding carboxylic acids is 2. The van der Waals surface area contributed by atoms with Crippen LogP contribution in [-0.4, -0.2) is 54.5 Å². The van der Waals surface area contributed by atoms with Gasteiger partial charge in [-0.2, -0.15) is 10.2 Å². The lowest BCUT2D eigenvalue weighted by Gasteiger charge is -2.30. The van der Waals surface area contributed by atoms with Crippen LogP contribution in [0.1, 0.15) is 37.1 Å². The molecule has 0 atom stereocenters. The molecule has 0 saturated carbocycles. The van der Waals surface area contributed by atoms with Crippen LogP contribution in [0.2, 0.25) is 0 Å². The Hall–Kier alpha value is -4.54. The van der Waals surface area contributed by atoms with Gasteiger partial charge in [0.25, 0.3) is 0 Å². The van der Waals surface area contributed by atoms with E-state index in [1.165, 1.54) is 12.3 Å². The van der Waals surface area contributed by atoms with E-state index in [0.29, 0.717) is 35.6 Å². The summed E-state index contributed by atoms with van der Waals surface area (Å²) in [6, 6.07) is 8.96. The largest absolute Gasteiger partial charge is 0.362 e. The van der Waals surface area contributed by atoms with E-state index in [1.807, 2.05) is 36.2 Å². The van der Waals surface area contributed by atoms with Gasteiger partial charge in [-0.15, -0.1) is 0 Å². The molecule has 2 amide bonds. The second kappa shape index (κ2) is 9.64. The van der Waals surface area contributed by atoms with Crippen molar-refractivity contribution in [1.82, 2.24) is 29.6 Å². The van der Waals surface area contributed by atoms with Crippen LogP contribution in [0.4, 0.5) is 10.1 Å². The lowest BCUT2D eigenvalue weighted by atomic mass is 9.89. The second-order valence-electron chi connectivity index (χ2n) is 10.0. The van der Waals surface area contributed by atoms with Gasteiger partial charge in [0.15, 0.2) is 0 Å². The number of aryl methyl sites for hydroxylation is 2. The Labute approximate surface area is 223 Å². The van der Waals surface area contributed by atoms with Crippen LogP contribution in [0.3, 0.4) is 0 Å². The number of carbonyl (C=O) groups is 2. The molecule has 11 heteroatoms. The predicted octanol–water partition coefficient (Wildman–Crippen LogP) is 4.39. The Kier molecular flexibility index (Phi) is 6.13. The SMILES string of the molecule is CC(=O)N1CCC(c2nn(CC(=O)Nc3conc3C)c3cccc(-c4cc5c(cnn5C)cc4F)c23)CC1. The van der Waals surface area contributed by atoms with E-state index >= 15 is 4.39 Å². The number of amides is 2. The van der Waals surface area contributed by atoms with Crippen LogP contribution in [0.5, 0.6) is 0 Å². The lowest BCUT2D eigenvalue weighted by Crippen LogP contribution is -2.36. The maximum absolute atomic E-state index is 15.5. The Balaban J connectivity index is 1.46. The summed E-state index contributed by atoms with van der Waals surface area (Å²) in [6.45, 7) is 4.53. The van der Waals surface area contributed by atoms with Gasteiger partial charge in [0, 0.05) is 49.3 Å². The van der Waals surface area contributed by atoms with E-state index in [4.69, 9.17) is 9.62 Å². The fraction of sp³-hybridized carbons (Fsp3) is 0.321. The van der Waals surface area contributed by atoms with Crippen molar-refractivity contribution in [3.8, 4) is 11.1 Å². The molecule has 1 aliphatic heterocycles. The third-order valence-corrected chi connectivity index (χ3v) is 7.57.